The molecule has 5 amide bonds. The maximum absolute atomic E-state index is 13.6. The zero-order valence-corrected chi connectivity index (χ0v) is 27.7. The Hall–Kier alpha value is -3.22. The number of carbonyl (C=O) groups is 6. The van der Waals surface area contributed by atoms with Gasteiger partial charge in [-0.1, -0.05) is 55.4 Å². The minimum Gasteiger partial charge on any atom is -0.481 e. The maximum Gasteiger partial charge on any atom is 0.305 e. The van der Waals surface area contributed by atoms with Gasteiger partial charge in [-0.25, -0.2) is 0 Å². The number of nitrogens with zero attached hydrogens (tertiary/aromatic N) is 1. The van der Waals surface area contributed by atoms with E-state index in [1.165, 1.54) is 0 Å². The Balaban J connectivity index is 3.29. The Bertz CT molecular complexity index is 1010. The summed E-state index contributed by atoms with van der Waals surface area (Å²) in [6, 6.07) is -4.72. The lowest BCUT2D eigenvalue weighted by Crippen LogP contribution is -2.60. The van der Waals surface area contributed by atoms with E-state index in [2.05, 4.69) is 21.3 Å². The Labute approximate surface area is 261 Å². The van der Waals surface area contributed by atoms with Gasteiger partial charge in [0.2, 0.25) is 29.5 Å². The molecule has 0 saturated carbocycles. The number of likely N-dealkylation sites (tertiary alicyclic amines) is 1. The van der Waals surface area contributed by atoms with Gasteiger partial charge in [0.25, 0.3) is 0 Å². The zero-order chi connectivity index (χ0) is 33.8. The number of amides is 5. The van der Waals surface area contributed by atoms with E-state index in [0.29, 0.717) is 32.4 Å². The smallest absolute Gasteiger partial charge is 0.305 e. The summed E-state index contributed by atoms with van der Waals surface area (Å²) in [5, 5.41) is 29.7. The molecule has 1 rings (SSSR count). The Morgan fingerprint density at radius 2 is 1.23 bits per heavy atom. The molecule has 0 radical (unpaired) electrons. The maximum atomic E-state index is 13.6. The van der Waals surface area contributed by atoms with Gasteiger partial charge < -0.3 is 36.4 Å². The number of carbonyl (C=O) groups excluding carboxylic acids is 5. The average molecular weight is 626 g/mol. The van der Waals surface area contributed by atoms with Crippen molar-refractivity contribution >= 4 is 35.5 Å². The van der Waals surface area contributed by atoms with Crippen LogP contribution in [0, 0.1) is 16.7 Å². The van der Waals surface area contributed by atoms with Crippen LogP contribution in [0.1, 0.15) is 100 Å². The normalized spacial score (nSPS) is 16.5. The molecular formula is C31H55N5O8. The van der Waals surface area contributed by atoms with Crippen LogP contribution in [0.2, 0.25) is 0 Å². The highest BCUT2D eigenvalue weighted by Crippen LogP contribution is 2.22. The molecule has 13 heteroatoms. The van der Waals surface area contributed by atoms with E-state index >= 15 is 0 Å². The van der Waals surface area contributed by atoms with Crippen molar-refractivity contribution in [3.8, 4) is 0 Å². The third-order valence-corrected chi connectivity index (χ3v) is 7.68. The molecule has 6 N–H and O–H groups in total. The molecule has 0 spiro atoms. The number of rotatable bonds is 16. The van der Waals surface area contributed by atoms with Gasteiger partial charge in [-0.05, 0) is 42.9 Å². The van der Waals surface area contributed by atoms with Crippen molar-refractivity contribution in [1.82, 2.24) is 26.2 Å². The molecule has 4 atom stereocenters. The van der Waals surface area contributed by atoms with Gasteiger partial charge in [0, 0.05) is 19.0 Å². The second-order valence-electron chi connectivity index (χ2n) is 14.0. The molecule has 4 unspecified atom stereocenters. The van der Waals surface area contributed by atoms with Crippen LogP contribution in [0.25, 0.3) is 0 Å². The minimum absolute atomic E-state index is 0.259. The Morgan fingerprint density at radius 1 is 0.727 bits per heavy atom. The molecule has 0 aliphatic carbocycles. The lowest BCUT2D eigenvalue weighted by molar-refractivity contribution is -0.142. The zero-order valence-electron chi connectivity index (χ0n) is 27.7. The van der Waals surface area contributed by atoms with E-state index in [9.17, 15) is 39.0 Å². The molecule has 1 heterocycles. The standard InChI is InChI=1S/C31H55N5O8/c1-9-19(10-2)26(41)35-25(31(6,7)8)29(44)34-21(15-23(38)36-13-11-12-14-36)28(43)33-22(16-24(39)40)27(42)32-20(18-37)17-30(3,4)5/h19-22,25,37H,9-18H2,1-8H3,(H,32,42)(H,33,43)(H,34,44)(H,35,41)(H,39,40). The topological polar surface area (TPSA) is 194 Å². The average Bonchev–Trinajstić information content (AvgIpc) is 3.44. The second kappa shape index (κ2) is 17.3. The highest BCUT2D eigenvalue weighted by atomic mass is 16.4. The minimum atomic E-state index is -1.54. The number of hydrogen-bond acceptors (Lipinski definition) is 7. The third kappa shape index (κ3) is 13.2. The number of nitrogens with one attached hydrogen (secondary N) is 4. The molecule has 1 aliphatic heterocycles. The number of aliphatic hydroxyl groups is 1. The van der Waals surface area contributed by atoms with E-state index in [-0.39, 0.29) is 23.1 Å². The summed E-state index contributed by atoms with van der Waals surface area (Å²) in [6.45, 7) is 15.4. The number of hydrogen-bond donors (Lipinski definition) is 6. The van der Waals surface area contributed by atoms with E-state index in [1.54, 1.807) is 25.7 Å². The lowest BCUT2D eigenvalue weighted by Gasteiger charge is -2.33. The SMILES string of the molecule is CCC(CC)C(=O)NC(C(=O)NC(CC(=O)N1CCCC1)C(=O)NC(CC(=O)O)C(=O)NC(CO)CC(C)(C)C)C(C)(C)C. The molecule has 44 heavy (non-hydrogen) atoms. The number of carboxylic acids is 1. The Kier molecular flexibility index (Phi) is 15.3. The Morgan fingerprint density at radius 3 is 1.68 bits per heavy atom. The molecular weight excluding hydrogens is 570 g/mol. The van der Waals surface area contributed by atoms with Crippen molar-refractivity contribution in [3.05, 3.63) is 0 Å². The van der Waals surface area contributed by atoms with Crippen molar-refractivity contribution in [1.29, 1.82) is 0 Å². The summed E-state index contributed by atoms with van der Waals surface area (Å²) >= 11 is 0. The summed E-state index contributed by atoms with van der Waals surface area (Å²) in [4.78, 5) is 79.6. The second-order valence-corrected chi connectivity index (χ2v) is 14.0. The van der Waals surface area contributed by atoms with Crippen LogP contribution >= 0.6 is 0 Å². The number of carboxylic acid groups (broad SMARTS) is 1. The number of aliphatic carboxylic acids is 1. The molecule has 0 aromatic heterocycles. The van der Waals surface area contributed by atoms with E-state index in [0.717, 1.165) is 12.8 Å². The summed E-state index contributed by atoms with van der Waals surface area (Å²) < 4.78 is 0. The van der Waals surface area contributed by atoms with Gasteiger partial charge in [-0.15, -0.1) is 0 Å². The first-order valence-electron chi connectivity index (χ1n) is 15.6. The van der Waals surface area contributed by atoms with Crippen molar-refractivity contribution in [3.63, 3.8) is 0 Å². The molecule has 252 valence electrons. The first-order valence-corrected chi connectivity index (χ1v) is 15.6. The number of aliphatic hydroxyl groups excluding tert-OH is 1. The van der Waals surface area contributed by atoms with Crippen LogP contribution in [0.4, 0.5) is 0 Å². The van der Waals surface area contributed by atoms with Crippen molar-refractivity contribution in [2.45, 2.75) is 125 Å². The summed E-state index contributed by atoms with van der Waals surface area (Å²) in [5.41, 5.74) is -1.02. The molecule has 0 aromatic rings. The molecule has 13 nitrogen and oxygen atoms in total. The van der Waals surface area contributed by atoms with Crippen molar-refractivity contribution in [2.24, 2.45) is 16.7 Å². The third-order valence-electron chi connectivity index (χ3n) is 7.68. The predicted molar refractivity (Wildman–Crippen MR) is 165 cm³/mol. The molecule has 0 aromatic carbocycles. The van der Waals surface area contributed by atoms with Gasteiger partial charge in [0.05, 0.1) is 25.5 Å². The molecule has 0 bridgehead atoms. The van der Waals surface area contributed by atoms with Gasteiger partial charge in [0.15, 0.2) is 0 Å². The predicted octanol–water partition coefficient (Wildman–Crippen LogP) is 1.32. The van der Waals surface area contributed by atoms with Crippen LogP contribution in [-0.2, 0) is 28.8 Å². The van der Waals surface area contributed by atoms with E-state index in [1.807, 2.05) is 34.6 Å². The fraction of sp³-hybridized carbons (Fsp3) is 0.806. The largest absolute Gasteiger partial charge is 0.481 e. The van der Waals surface area contributed by atoms with Crippen LogP contribution in [0.5, 0.6) is 0 Å². The van der Waals surface area contributed by atoms with Crippen LogP contribution in [-0.4, -0.2) is 94.5 Å². The first-order chi connectivity index (χ1) is 20.3. The highest BCUT2D eigenvalue weighted by Gasteiger charge is 2.38. The molecule has 1 saturated heterocycles. The van der Waals surface area contributed by atoms with Crippen LogP contribution in [0.15, 0.2) is 0 Å². The highest BCUT2D eigenvalue weighted by molar-refractivity contribution is 5.97. The lowest BCUT2D eigenvalue weighted by atomic mass is 9.85. The van der Waals surface area contributed by atoms with E-state index < -0.39 is 72.7 Å². The van der Waals surface area contributed by atoms with Crippen LogP contribution in [0.3, 0.4) is 0 Å². The van der Waals surface area contributed by atoms with Gasteiger partial charge >= 0.3 is 5.97 Å². The quantitative estimate of drug-likeness (QED) is 0.148. The van der Waals surface area contributed by atoms with Crippen LogP contribution < -0.4 is 21.3 Å². The fourth-order valence-corrected chi connectivity index (χ4v) is 5.19. The van der Waals surface area contributed by atoms with Gasteiger partial charge in [-0.3, -0.25) is 28.8 Å². The summed E-state index contributed by atoms with van der Waals surface area (Å²) in [5.74, 6) is -4.75. The summed E-state index contributed by atoms with van der Waals surface area (Å²) in [7, 11) is 0. The van der Waals surface area contributed by atoms with Gasteiger partial charge in [0.1, 0.15) is 18.1 Å². The van der Waals surface area contributed by atoms with Gasteiger partial charge in [-0.2, -0.15) is 0 Å². The molecule has 1 aliphatic rings. The first kappa shape index (κ1) is 38.8. The van der Waals surface area contributed by atoms with Crippen molar-refractivity contribution < 1.29 is 39.0 Å². The summed E-state index contributed by atoms with van der Waals surface area (Å²) in [6.07, 6.45) is 1.99. The van der Waals surface area contributed by atoms with Crippen molar-refractivity contribution in [2.75, 3.05) is 19.7 Å². The molecule has 1 fully saturated rings. The monoisotopic (exact) mass is 625 g/mol. The van der Waals surface area contributed by atoms with E-state index in [4.69, 9.17) is 0 Å². The fourth-order valence-electron chi connectivity index (χ4n) is 5.19.